The second kappa shape index (κ2) is 2.94. The Labute approximate surface area is 75.2 Å². The van der Waals surface area contributed by atoms with E-state index >= 15 is 0 Å². The molecule has 2 rings (SSSR count). The van der Waals surface area contributed by atoms with Gasteiger partial charge in [0, 0.05) is 17.1 Å². The van der Waals surface area contributed by atoms with Crippen LogP contribution in [0, 0.1) is 6.07 Å². The number of carbonyl (C=O) groups is 1. The van der Waals surface area contributed by atoms with Gasteiger partial charge < -0.3 is 9.67 Å². The van der Waals surface area contributed by atoms with E-state index in [1.165, 1.54) is 0 Å². The van der Waals surface area contributed by atoms with Gasteiger partial charge in [-0.25, -0.2) is 0 Å². The van der Waals surface area contributed by atoms with Gasteiger partial charge in [-0.05, 0) is 18.2 Å². The molecular weight excluding hydrogens is 166 g/mol. The highest BCUT2D eigenvalue weighted by atomic mass is 16.4. The smallest absolute Gasteiger partial charge is 0.323 e. The van der Waals surface area contributed by atoms with Crippen molar-refractivity contribution >= 4 is 16.9 Å². The first-order valence-electron chi connectivity index (χ1n) is 3.95. The predicted molar refractivity (Wildman–Crippen MR) is 48.4 cm³/mol. The topological polar surface area (TPSA) is 42.2 Å². The first-order valence-corrected chi connectivity index (χ1v) is 3.95. The van der Waals surface area contributed by atoms with Crippen molar-refractivity contribution in [2.75, 3.05) is 0 Å². The Hall–Kier alpha value is -1.77. The number of rotatable bonds is 2. The number of carboxylic acids is 1. The molecule has 0 saturated carbocycles. The molecule has 13 heavy (non-hydrogen) atoms. The van der Waals surface area contributed by atoms with Crippen LogP contribution in [0.5, 0.6) is 0 Å². The molecule has 3 nitrogen and oxygen atoms in total. The Kier molecular flexibility index (Phi) is 1.77. The predicted octanol–water partition coefficient (Wildman–Crippen LogP) is 1.53. The Morgan fingerprint density at radius 3 is 3.15 bits per heavy atom. The molecule has 65 valence electrons. The molecule has 3 heteroatoms. The molecule has 1 N–H and O–H groups in total. The van der Waals surface area contributed by atoms with E-state index in [1.807, 2.05) is 24.3 Å². The maximum atomic E-state index is 10.5. The van der Waals surface area contributed by atoms with Crippen LogP contribution in [0.15, 0.2) is 30.5 Å². The summed E-state index contributed by atoms with van der Waals surface area (Å²) in [6, 6.07) is 10.4. The number of hydrogen-bond donors (Lipinski definition) is 1. The van der Waals surface area contributed by atoms with Gasteiger partial charge >= 0.3 is 5.97 Å². The third-order valence-corrected chi connectivity index (χ3v) is 1.90. The van der Waals surface area contributed by atoms with Crippen LogP contribution in [0.2, 0.25) is 0 Å². The minimum absolute atomic E-state index is 0.00134. The summed E-state index contributed by atoms with van der Waals surface area (Å²) >= 11 is 0. The fraction of sp³-hybridized carbons (Fsp3) is 0.100. The molecule has 0 atom stereocenters. The number of hydrogen-bond acceptors (Lipinski definition) is 1. The highest BCUT2D eigenvalue weighted by molar-refractivity contribution is 5.81. The van der Waals surface area contributed by atoms with Crippen molar-refractivity contribution in [2.45, 2.75) is 6.54 Å². The van der Waals surface area contributed by atoms with E-state index in [0.717, 1.165) is 10.9 Å². The van der Waals surface area contributed by atoms with Gasteiger partial charge in [0.15, 0.2) is 0 Å². The molecule has 0 aliphatic carbocycles. The molecule has 1 aromatic heterocycles. The van der Waals surface area contributed by atoms with E-state index in [2.05, 4.69) is 6.07 Å². The van der Waals surface area contributed by atoms with Crippen molar-refractivity contribution in [1.29, 1.82) is 0 Å². The number of fused-ring (bicyclic) bond motifs is 1. The normalized spacial score (nSPS) is 10.5. The quantitative estimate of drug-likeness (QED) is 0.750. The van der Waals surface area contributed by atoms with E-state index < -0.39 is 5.97 Å². The fourth-order valence-corrected chi connectivity index (χ4v) is 1.35. The van der Waals surface area contributed by atoms with E-state index in [-0.39, 0.29) is 6.54 Å². The molecule has 1 aromatic carbocycles. The van der Waals surface area contributed by atoms with Crippen LogP contribution in [-0.4, -0.2) is 15.6 Å². The molecule has 0 fully saturated rings. The Morgan fingerprint density at radius 1 is 1.54 bits per heavy atom. The molecule has 1 radical (unpaired) electrons. The molecule has 0 aliphatic rings. The molecule has 0 aliphatic heterocycles. The molecule has 0 saturated heterocycles. The summed E-state index contributed by atoms with van der Waals surface area (Å²) in [5, 5.41) is 9.56. The van der Waals surface area contributed by atoms with Crippen LogP contribution >= 0.6 is 0 Å². The largest absolute Gasteiger partial charge is 0.480 e. The summed E-state index contributed by atoms with van der Waals surface area (Å²) < 4.78 is 1.69. The fourth-order valence-electron chi connectivity index (χ4n) is 1.35. The van der Waals surface area contributed by atoms with Gasteiger partial charge in [-0.1, -0.05) is 12.1 Å². The third-order valence-electron chi connectivity index (χ3n) is 1.90. The highest BCUT2D eigenvalue weighted by Gasteiger charge is 2.02. The third kappa shape index (κ3) is 1.40. The zero-order chi connectivity index (χ0) is 9.26. The summed E-state index contributed by atoms with van der Waals surface area (Å²) in [5.74, 6) is -0.832. The van der Waals surface area contributed by atoms with E-state index in [1.54, 1.807) is 10.8 Å². The van der Waals surface area contributed by atoms with Crippen molar-refractivity contribution in [3.63, 3.8) is 0 Å². The average Bonchev–Trinajstić information content (AvgIpc) is 2.48. The molecule has 0 spiro atoms. The van der Waals surface area contributed by atoms with Gasteiger partial charge in [0.2, 0.25) is 0 Å². The van der Waals surface area contributed by atoms with Gasteiger partial charge in [0.05, 0.1) is 0 Å². The lowest BCUT2D eigenvalue weighted by Gasteiger charge is -1.99. The second-order valence-electron chi connectivity index (χ2n) is 2.81. The van der Waals surface area contributed by atoms with E-state index in [4.69, 9.17) is 5.11 Å². The molecule has 0 amide bonds. The zero-order valence-electron chi connectivity index (χ0n) is 6.90. The van der Waals surface area contributed by atoms with Crippen LogP contribution in [0.25, 0.3) is 10.9 Å². The summed E-state index contributed by atoms with van der Waals surface area (Å²) in [4.78, 5) is 10.5. The maximum absolute atomic E-state index is 10.5. The maximum Gasteiger partial charge on any atom is 0.323 e. The second-order valence-corrected chi connectivity index (χ2v) is 2.81. The summed E-state index contributed by atoms with van der Waals surface area (Å²) in [6.07, 6.45) is 1.76. The zero-order valence-corrected chi connectivity index (χ0v) is 6.90. The highest BCUT2D eigenvalue weighted by Crippen LogP contribution is 2.13. The van der Waals surface area contributed by atoms with Crippen LogP contribution in [0.4, 0.5) is 0 Å². The number of benzene rings is 1. The Bertz CT molecular complexity index is 445. The SMILES string of the molecule is O=C(O)Cn1ccc2[c]cccc21. The number of aromatic nitrogens is 1. The van der Waals surface area contributed by atoms with Crippen molar-refractivity contribution < 1.29 is 9.90 Å². The van der Waals surface area contributed by atoms with E-state index in [9.17, 15) is 4.79 Å². The summed E-state index contributed by atoms with van der Waals surface area (Å²) in [7, 11) is 0. The van der Waals surface area contributed by atoms with Crippen molar-refractivity contribution in [3.8, 4) is 0 Å². The van der Waals surface area contributed by atoms with Crippen molar-refractivity contribution in [3.05, 3.63) is 36.5 Å². The lowest BCUT2D eigenvalue weighted by atomic mass is 10.2. The molecule has 2 aromatic rings. The average molecular weight is 174 g/mol. The van der Waals surface area contributed by atoms with E-state index in [0.29, 0.717) is 0 Å². The summed E-state index contributed by atoms with van der Waals surface area (Å²) in [5.41, 5.74) is 0.907. The van der Waals surface area contributed by atoms with Gasteiger partial charge in [-0.2, -0.15) is 0 Å². The monoisotopic (exact) mass is 174 g/mol. The van der Waals surface area contributed by atoms with Crippen molar-refractivity contribution in [2.24, 2.45) is 0 Å². The molecule has 0 bridgehead atoms. The van der Waals surface area contributed by atoms with Gasteiger partial charge in [0.25, 0.3) is 0 Å². The lowest BCUT2D eigenvalue weighted by Crippen LogP contribution is -2.06. The first-order chi connectivity index (χ1) is 6.27. The minimum Gasteiger partial charge on any atom is -0.480 e. The Morgan fingerprint density at radius 2 is 2.38 bits per heavy atom. The van der Waals surface area contributed by atoms with Crippen LogP contribution in [0.3, 0.4) is 0 Å². The molecule has 0 unspecified atom stereocenters. The Balaban J connectivity index is 2.51. The first kappa shape index (κ1) is 7.86. The standard InChI is InChI=1S/C10H8NO2/c12-10(13)7-11-6-5-8-3-1-2-4-9(8)11/h1-2,4-6H,7H2,(H,12,13). The van der Waals surface area contributed by atoms with Gasteiger partial charge in [-0.15, -0.1) is 0 Å². The summed E-state index contributed by atoms with van der Waals surface area (Å²) in [6.45, 7) is 0.00134. The minimum atomic E-state index is -0.832. The van der Waals surface area contributed by atoms with Gasteiger partial charge in [0.1, 0.15) is 6.54 Å². The number of nitrogens with zero attached hydrogens (tertiary/aromatic N) is 1. The lowest BCUT2D eigenvalue weighted by molar-refractivity contribution is -0.137. The molecule has 1 heterocycles. The number of aliphatic carboxylic acids is 1. The van der Waals surface area contributed by atoms with Crippen LogP contribution in [-0.2, 0) is 11.3 Å². The van der Waals surface area contributed by atoms with Crippen molar-refractivity contribution in [1.82, 2.24) is 4.57 Å². The number of carboxylic acid groups (broad SMARTS) is 1. The van der Waals surface area contributed by atoms with Crippen LogP contribution in [0.1, 0.15) is 0 Å². The molecular formula is C10H8NO2. The van der Waals surface area contributed by atoms with Gasteiger partial charge in [-0.3, -0.25) is 4.79 Å². The van der Waals surface area contributed by atoms with Crippen LogP contribution < -0.4 is 0 Å².